The van der Waals surface area contributed by atoms with E-state index in [9.17, 15) is 4.39 Å². The Hall–Kier alpha value is -1.20. The minimum atomic E-state index is -0.472. The molecule has 0 saturated heterocycles. The lowest BCUT2D eigenvalue weighted by Gasteiger charge is -2.17. The van der Waals surface area contributed by atoms with E-state index in [0.29, 0.717) is 10.3 Å². The van der Waals surface area contributed by atoms with Crippen LogP contribution in [-0.4, -0.2) is 9.97 Å². The molecule has 2 aromatic rings. The largest absolute Gasteiger partial charge is 0.436 e. The number of ether oxygens (including phenoxy) is 1. The molecule has 20 heavy (non-hydrogen) atoms. The summed E-state index contributed by atoms with van der Waals surface area (Å²) in [5.74, 6) is 0.358. The second-order valence-electron chi connectivity index (χ2n) is 5.28. The van der Waals surface area contributed by atoms with Crippen LogP contribution in [0.3, 0.4) is 0 Å². The summed E-state index contributed by atoms with van der Waals surface area (Å²) in [7, 11) is 0. The number of hydrogen-bond donors (Lipinski definition) is 0. The predicted octanol–water partition coefficient (Wildman–Crippen LogP) is 5.12. The van der Waals surface area contributed by atoms with E-state index in [1.807, 2.05) is 20.8 Å². The van der Waals surface area contributed by atoms with Crippen molar-refractivity contribution >= 4 is 27.5 Å². The van der Waals surface area contributed by atoms with E-state index in [0.717, 1.165) is 0 Å². The van der Waals surface area contributed by atoms with Crippen LogP contribution in [0.15, 0.2) is 28.7 Å². The molecule has 0 N–H and O–H groups in total. The molecule has 3 nitrogen and oxygen atoms in total. The maximum absolute atomic E-state index is 13.7. The van der Waals surface area contributed by atoms with Crippen LogP contribution in [0.1, 0.15) is 26.6 Å². The highest BCUT2D eigenvalue weighted by atomic mass is 79.9. The second kappa shape index (κ2) is 5.66. The minimum Gasteiger partial charge on any atom is -0.436 e. The lowest BCUT2D eigenvalue weighted by atomic mass is 9.96. The van der Waals surface area contributed by atoms with Gasteiger partial charge < -0.3 is 4.74 Å². The zero-order valence-corrected chi connectivity index (χ0v) is 13.6. The molecule has 0 spiro atoms. The molecule has 106 valence electrons. The van der Waals surface area contributed by atoms with Gasteiger partial charge in [0.1, 0.15) is 11.0 Å². The van der Waals surface area contributed by atoms with Gasteiger partial charge >= 0.3 is 0 Å². The van der Waals surface area contributed by atoms with Crippen LogP contribution >= 0.6 is 27.5 Å². The van der Waals surface area contributed by atoms with E-state index in [-0.39, 0.29) is 22.2 Å². The van der Waals surface area contributed by atoms with Gasteiger partial charge in [0.25, 0.3) is 0 Å². The third-order valence-electron chi connectivity index (χ3n) is 2.45. The van der Waals surface area contributed by atoms with Gasteiger partial charge in [-0.2, -0.15) is 4.98 Å². The van der Waals surface area contributed by atoms with Gasteiger partial charge in [-0.05, 0) is 18.2 Å². The van der Waals surface area contributed by atoms with Crippen LogP contribution in [-0.2, 0) is 5.41 Å². The topological polar surface area (TPSA) is 35.0 Å². The first-order valence-corrected chi connectivity index (χ1v) is 7.11. The van der Waals surface area contributed by atoms with Crippen molar-refractivity contribution in [1.82, 2.24) is 9.97 Å². The number of nitrogens with zero attached hydrogens (tertiary/aromatic N) is 2. The Morgan fingerprint density at radius 3 is 2.55 bits per heavy atom. The molecule has 0 bridgehead atoms. The van der Waals surface area contributed by atoms with Crippen molar-refractivity contribution in [2.75, 3.05) is 0 Å². The van der Waals surface area contributed by atoms with Crippen molar-refractivity contribution in [2.45, 2.75) is 26.2 Å². The third-order valence-corrected chi connectivity index (χ3v) is 3.14. The first kappa shape index (κ1) is 15.2. The van der Waals surface area contributed by atoms with Crippen LogP contribution in [0.4, 0.5) is 4.39 Å². The van der Waals surface area contributed by atoms with Crippen molar-refractivity contribution in [2.24, 2.45) is 0 Å². The molecule has 1 aromatic carbocycles. The van der Waals surface area contributed by atoms with Gasteiger partial charge in [0, 0.05) is 16.0 Å². The van der Waals surface area contributed by atoms with Gasteiger partial charge in [0.05, 0.1) is 0 Å². The monoisotopic (exact) mass is 358 g/mol. The third kappa shape index (κ3) is 3.67. The maximum atomic E-state index is 13.7. The summed E-state index contributed by atoms with van der Waals surface area (Å²) in [5.41, 5.74) is -0.279. The van der Waals surface area contributed by atoms with Crippen LogP contribution < -0.4 is 4.74 Å². The van der Waals surface area contributed by atoms with E-state index in [1.165, 1.54) is 18.2 Å². The molecular weight excluding hydrogens is 347 g/mol. The lowest BCUT2D eigenvalue weighted by Crippen LogP contribution is -2.16. The van der Waals surface area contributed by atoms with Gasteiger partial charge in [-0.3, -0.25) is 0 Å². The molecule has 0 unspecified atom stereocenters. The van der Waals surface area contributed by atoms with E-state index >= 15 is 0 Å². The average Bonchev–Trinajstić information content (AvgIpc) is 2.32. The standard InChI is InChI=1S/C14H13BrClFN2O/c1-14(2,3)13-18-11(16)7-12(19-13)20-10-6-8(15)4-5-9(10)17/h4-7H,1-3H3. The maximum Gasteiger partial charge on any atom is 0.224 e. The number of halogens is 3. The molecule has 0 atom stereocenters. The molecule has 2 rings (SSSR count). The number of hydrogen-bond acceptors (Lipinski definition) is 3. The van der Waals surface area contributed by atoms with Gasteiger partial charge in [-0.15, -0.1) is 0 Å². The second-order valence-corrected chi connectivity index (χ2v) is 6.58. The fourth-order valence-electron chi connectivity index (χ4n) is 1.45. The van der Waals surface area contributed by atoms with Gasteiger partial charge in [-0.1, -0.05) is 48.3 Å². The van der Waals surface area contributed by atoms with E-state index in [4.69, 9.17) is 16.3 Å². The summed E-state index contributed by atoms with van der Waals surface area (Å²) in [4.78, 5) is 8.43. The highest BCUT2D eigenvalue weighted by molar-refractivity contribution is 9.10. The highest BCUT2D eigenvalue weighted by Crippen LogP contribution is 2.29. The van der Waals surface area contributed by atoms with Crippen molar-refractivity contribution in [3.63, 3.8) is 0 Å². The van der Waals surface area contributed by atoms with Gasteiger partial charge in [0.2, 0.25) is 5.88 Å². The molecule has 0 fully saturated rings. The Kier molecular flexibility index (Phi) is 4.30. The average molecular weight is 360 g/mol. The summed E-state index contributed by atoms with van der Waals surface area (Å²) >= 11 is 9.22. The van der Waals surface area contributed by atoms with Crippen LogP contribution in [0, 0.1) is 5.82 Å². The highest BCUT2D eigenvalue weighted by Gasteiger charge is 2.19. The molecule has 0 aliphatic heterocycles. The van der Waals surface area contributed by atoms with E-state index < -0.39 is 5.82 Å². The van der Waals surface area contributed by atoms with Crippen LogP contribution in [0.25, 0.3) is 0 Å². The predicted molar refractivity (Wildman–Crippen MR) is 79.9 cm³/mol. The van der Waals surface area contributed by atoms with E-state index in [2.05, 4.69) is 25.9 Å². The number of aromatic nitrogens is 2. The molecule has 0 saturated carbocycles. The van der Waals surface area contributed by atoms with Crippen molar-refractivity contribution in [3.05, 3.63) is 45.5 Å². The normalized spacial score (nSPS) is 11.5. The quantitative estimate of drug-likeness (QED) is 0.698. The lowest BCUT2D eigenvalue weighted by molar-refractivity contribution is 0.417. The fourth-order valence-corrected chi connectivity index (χ4v) is 1.97. The van der Waals surface area contributed by atoms with Crippen LogP contribution in [0.5, 0.6) is 11.6 Å². The SMILES string of the molecule is CC(C)(C)c1nc(Cl)cc(Oc2cc(Br)ccc2F)n1. The first-order valence-electron chi connectivity index (χ1n) is 5.94. The Morgan fingerprint density at radius 2 is 1.90 bits per heavy atom. The molecule has 0 amide bonds. The summed E-state index contributed by atoms with van der Waals surface area (Å²) in [6.45, 7) is 5.88. The summed E-state index contributed by atoms with van der Waals surface area (Å²) < 4.78 is 19.8. The molecule has 1 aromatic heterocycles. The Labute approximate surface area is 130 Å². The number of rotatable bonds is 2. The fraction of sp³-hybridized carbons (Fsp3) is 0.286. The van der Waals surface area contributed by atoms with Crippen LogP contribution in [0.2, 0.25) is 5.15 Å². The smallest absolute Gasteiger partial charge is 0.224 e. The molecule has 0 aliphatic carbocycles. The molecule has 1 heterocycles. The molecule has 6 heteroatoms. The summed E-state index contributed by atoms with van der Waals surface area (Å²) in [6.07, 6.45) is 0. The molecular formula is C14H13BrClFN2O. The van der Waals surface area contributed by atoms with Crippen molar-refractivity contribution in [3.8, 4) is 11.6 Å². The Morgan fingerprint density at radius 1 is 1.20 bits per heavy atom. The van der Waals surface area contributed by atoms with Crippen molar-refractivity contribution in [1.29, 1.82) is 0 Å². The first-order chi connectivity index (χ1) is 9.25. The molecule has 0 aliphatic rings. The molecule has 0 radical (unpaired) electrons. The number of benzene rings is 1. The Balaban J connectivity index is 2.39. The van der Waals surface area contributed by atoms with Gasteiger partial charge in [0.15, 0.2) is 11.6 Å². The zero-order valence-electron chi connectivity index (χ0n) is 11.2. The zero-order chi connectivity index (χ0) is 14.9. The van der Waals surface area contributed by atoms with Crippen molar-refractivity contribution < 1.29 is 9.13 Å². The Bertz CT molecular complexity index is 644. The minimum absolute atomic E-state index is 0.0778. The van der Waals surface area contributed by atoms with Gasteiger partial charge in [-0.25, -0.2) is 9.37 Å². The summed E-state index contributed by atoms with van der Waals surface area (Å²) in [6, 6.07) is 5.89. The van der Waals surface area contributed by atoms with E-state index in [1.54, 1.807) is 6.07 Å². The summed E-state index contributed by atoms with van der Waals surface area (Å²) in [5, 5.41) is 0.260.